The molecule has 0 rings (SSSR count). The van der Waals surface area contributed by atoms with E-state index in [9.17, 15) is 0 Å². The summed E-state index contributed by atoms with van der Waals surface area (Å²) in [6.07, 6.45) is 0. The Morgan fingerprint density at radius 3 is 0.800 bits per heavy atom. The predicted molar refractivity (Wildman–Crippen MR) is 26.5 cm³/mol. The van der Waals surface area contributed by atoms with Crippen LogP contribution in [0.1, 0.15) is 0 Å². The van der Waals surface area contributed by atoms with Crippen LogP contribution in [0.3, 0.4) is 0 Å². The molecule has 0 atom stereocenters. The third-order valence-corrected chi connectivity index (χ3v) is 0. The van der Waals surface area contributed by atoms with Crippen molar-refractivity contribution in [3.8, 4) is 0 Å². The maximum atomic E-state index is 8.25. The fourth-order valence-electron chi connectivity index (χ4n) is 0. The van der Waals surface area contributed by atoms with Crippen LogP contribution in [0.15, 0.2) is 0 Å². The fourth-order valence-corrected chi connectivity index (χ4v) is 0. The third-order valence-electron chi connectivity index (χ3n) is 0. The molecule has 0 bridgehead atoms. The normalized spacial score (nSPS) is 4.80. The zero-order valence-corrected chi connectivity index (χ0v) is 8.03. The summed E-state index contributed by atoms with van der Waals surface area (Å²) in [4.78, 5) is 16.5. The topological polar surface area (TPSA) is 132 Å². The van der Waals surface area contributed by atoms with Gasteiger partial charge in [0, 0.05) is 0 Å². The Morgan fingerprint density at radius 2 is 0.800 bits per heavy atom. The minimum atomic E-state index is -1.75. The van der Waals surface area contributed by atoms with Crippen LogP contribution in [0.2, 0.25) is 0 Å². The van der Waals surface area contributed by atoms with E-state index in [0.717, 1.165) is 0 Å². The molecule has 0 aliphatic carbocycles. The molecular formula is AlN2O6Zr+5. The molecule has 0 aromatic carbocycles. The Morgan fingerprint density at radius 1 is 0.800 bits per heavy atom. The van der Waals surface area contributed by atoms with Crippen LogP contribution in [0, 0.1) is 30.6 Å². The van der Waals surface area contributed by atoms with Crippen LogP contribution in [-0.4, -0.2) is 27.5 Å². The van der Waals surface area contributed by atoms with E-state index < -0.39 is 10.2 Å². The third kappa shape index (κ3) is 10700. The smallest absolute Gasteiger partial charge is 0.356 e. The van der Waals surface area contributed by atoms with Crippen molar-refractivity contribution >= 4 is 17.4 Å². The zero-order valence-electron chi connectivity index (χ0n) is 4.42. The predicted octanol–water partition coefficient (Wildman–Crippen LogP) is -0.862. The molecule has 0 aromatic heterocycles. The van der Waals surface area contributed by atoms with E-state index in [4.69, 9.17) is 30.6 Å². The van der Waals surface area contributed by atoms with Gasteiger partial charge in [0.05, 0.1) is 10.2 Å². The maximum Gasteiger partial charge on any atom is 4.00 e. The van der Waals surface area contributed by atoms with Crippen LogP contribution in [0.5, 0.6) is 0 Å². The minimum Gasteiger partial charge on any atom is -0.356 e. The zero-order chi connectivity index (χ0) is 7.15. The molecule has 8 nitrogen and oxygen atoms in total. The van der Waals surface area contributed by atoms with Crippen LogP contribution >= 0.6 is 0 Å². The Bertz CT molecular complexity index is 73.7. The molecule has 0 saturated heterocycles. The minimum absolute atomic E-state index is 0. The van der Waals surface area contributed by atoms with Crippen molar-refractivity contribution in [2.45, 2.75) is 0 Å². The van der Waals surface area contributed by atoms with Gasteiger partial charge in [0.25, 0.3) is 0 Å². The van der Waals surface area contributed by atoms with Crippen molar-refractivity contribution in [1.29, 1.82) is 0 Å². The summed E-state index contributed by atoms with van der Waals surface area (Å²) in [5.41, 5.74) is 0. The first kappa shape index (κ1) is 22.6. The summed E-state index contributed by atoms with van der Waals surface area (Å²) in [5, 5.41) is 29.5. The largest absolute Gasteiger partial charge is 4.00 e. The number of hydrogen-bond acceptors (Lipinski definition) is 6. The van der Waals surface area contributed by atoms with Gasteiger partial charge in [-0.05, 0) is 0 Å². The number of rotatable bonds is 0. The first-order chi connectivity index (χ1) is 3.46. The van der Waals surface area contributed by atoms with Gasteiger partial charge < -0.3 is 30.6 Å². The van der Waals surface area contributed by atoms with Gasteiger partial charge in [-0.1, -0.05) is 0 Å². The summed E-state index contributed by atoms with van der Waals surface area (Å²) >= 11 is 0. The van der Waals surface area contributed by atoms with Gasteiger partial charge in [0.1, 0.15) is 0 Å². The molecule has 0 aliphatic rings. The summed E-state index contributed by atoms with van der Waals surface area (Å²) in [7, 11) is 0. The van der Waals surface area contributed by atoms with Gasteiger partial charge in [-0.25, -0.2) is 0 Å². The van der Waals surface area contributed by atoms with E-state index in [2.05, 4.69) is 0 Å². The van der Waals surface area contributed by atoms with Crippen molar-refractivity contribution in [2.24, 2.45) is 0 Å². The van der Waals surface area contributed by atoms with Gasteiger partial charge in [-0.2, -0.15) is 0 Å². The fraction of sp³-hybridized carbons (Fsp3) is 0. The second-order valence-corrected chi connectivity index (χ2v) is 0.447. The molecule has 0 fully saturated rings. The SMILES string of the molecule is O=[N+]([O-])[O-].O=[N+]([O-])[O-].[Al+3].[Zr+4]. The van der Waals surface area contributed by atoms with Crippen molar-refractivity contribution < 1.29 is 36.4 Å². The van der Waals surface area contributed by atoms with E-state index in [1.165, 1.54) is 0 Å². The summed E-state index contributed by atoms with van der Waals surface area (Å²) in [5.74, 6) is 0. The van der Waals surface area contributed by atoms with E-state index in [1.807, 2.05) is 0 Å². The van der Waals surface area contributed by atoms with Gasteiger partial charge in [-0.3, -0.25) is 0 Å². The Kier molecular flexibility index (Phi) is 35.9. The van der Waals surface area contributed by atoms with Gasteiger partial charge in [0.15, 0.2) is 0 Å². The first-order valence-corrected chi connectivity index (χ1v) is 1.10. The van der Waals surface area contributed by atoms with E-state index in [1.54, 1.807) is 0 Å². The summed E-state index contributed by atoms with van der Waals surface area (Å²) in [6.45, 7) is 0. The van der Waals surface area contributed by atoms with E-state index in [0.29, 0.717) is 0 Å². The van der Waals surface area contributed by atoms with Crippen molar-refractivity contribution in [1.82, 2.24) is 0 Å². The average molecular weight is 242 g/mol. The van der Waals surface area contributed by atoms with Gasteiger partial charge in [-0.15, -0.1) is 0 Å². The molecule has 0 unspecified atom stereocenters. The molecule has 0 amide bonds. The van der Waals surface area contributed by atoms with Crippen molar-refractivity contribution in [2.75, 3.05) is 0 Å². The number of hydrogen-bond donors (Lipinski definition) is 0. The Balaban J connectivity index is -0.0000000300. The number of nitrogens with zero attached hydrogens (tertiary/aromatic N) is 2. The van der Waals surface area contributed by atoms with Crippen molar-refractivity contribution in [3.05, 3.63) is 30.6 Å². The van der Waals surface area contributed by atoms with Gasteiger partial charge in [0.2, 0.25) is 0 Å². The maximum absolute atomic E-state index is 8.25. The molecule has 0 spiro atoms. The molecular weight excluding hydrogens is 242 g/mol. The second kappa shape index (κ2) is 15.9. The van der Waals surface area contributed by atoms with Crippen LogP contribution in [0.4, 0.5) is 0 Å². The van der Waals surface area contributed by atoms with Crippen LogP contribution in [-0.2, 0) is 26.2 Å². The molecule has 10 heavy (non-hydrogen) atoms. The average Bonchev–Trinajstić information content (AvgIpc) is 1.25. The molecule has 0 aliphatic heterocycles. The van der Waals surface area contributed by atoms with Crippen LogP contribution < -0.4 is 0 Å². The van der Waals surface area contributed by atoms with Crippen LogP contribution in [0.25, 0.3) is 0 Å². The van der Waals surface area contributed by atoms with Crippen molar-refractivity contribution in [3.63, 3.8) is 0 Å². The summed E-state index contributed by atoms with van der Waals surface area (Å²) < 4.78 is 0. The Hall–Kier alpha value is -0.184. The summed E-state index contributed by atoms with van der Waals surface area (Å²) in [6, 6.07) is 0. The molecule has 0 heterocycles. The molecule has 0 radical (unpaired) electrons. The van der Waals surface area contributed by atoms with E-state index >= 15 is 0 Å². The molecule has 0 aromatic rings. The quantitative estimate of drug-likeness (QED) is 0.308. The molecule has 0 saturated carbocycles. The first-order valence-electron chi connectivity index (χ1n) is 1.10. The standard InChI is InChI=1S/Al.2NO3.Zr/c;2*2-1(3)4;/q+3;2*-1;+4. The van der Waals surface area contributed by atoms with Gasteiger partial charge >= 0.3 is 43.6 Å². The molecule has 0 N–H and O–H groups in total. The molecule has 10 heteroatoms. The monoisotopic (exact) mass is 241 g/mol. The second-order valence-electron chi connectivity index (χ2n) is 0.447. The van der Waals surface area contributed by atoms with E-state index in [-0.39, 0.29) is 43.6 Å². The molecule has 48 valence electrons. The Labute approximate surface area is 84.3 Å².